The third-order valence-electron chi connectivity index (χ3n) is 3.43. The Morgan fingerprint density at radius 1 is 1.30 bits per heavy atom. The number of thioether (sulfide) groups is 1. The van der Waals surface area contributed by atoms with Crippen LogP contribution in [0.1, 0.15) is 24.7 Å². The van der Waals surface area contributed by atoms with E-state index in [-0.39, 0.29) is 0 Å². The summed E-state index contributed by atoms with van der Waals surface area (Å²) < 4.78 is 0. The van der Waals surface area contributed by atoms with E-state index in [1.54, 1.807) is 0 Å². The van der Waals surface area contributed by atoms with E-state index in [1.807, 2.05) is 18.7 Å². The number of nitrogens with zero attached hydrogens (tertiary/aromatic N) is 3. The summed E-state index contributed by atoms with van der Waals surface area (Å²) in [5, 5.41) is 3.99. The number of halogens is 1. The molecule has 1 saturated heterocycles. The van der Waals surface area contributed by atoms with Gasteiger partial charge in [0.05, 0.1) is 0 Å². The van der Waals surface area contributed by atoms with Crippen LogP contribution in [0.2, 0.25) is 5.15 Å². The zero-order chi connectivity index (χ0) is 14.4. The van der Waals surface area contributed by atoms with Gasteiger partial charge >= 0.3 is 0 Å². The van der Waals surface area contributed by atoms with Crippen molar-refractivity contribution in [2.75, 3.05) is 43.0 Å². The molecule has 1 N–H and O–H groups in total. The molecular formula is C14H23ClN4S. The van der Waals surface area contributed by atoms with Crippen molar-refractivity contribution in [3.05, 3.63) is 16.5 Å². The molecule has 1 fully saturated rings. The molecule has 1 aliphatic heterocycles. The molecule has 112 valence electrons. The van der Waals surface area contributed by atoms with E-state index >= 15 is 0 Å². The molecule has 0 saturated carbocycles. The predicted octanol–water partition coefficient (Wildman–Crippen LogP) is 2.85. The van der Waals surface area contributed by atoms with Crippen molar-refractivity contribution < 1.29 is 0 Å². The number of aryl methyl sites for hydroxylation is 1. The van der Waals surface area contributed by atoms with Gasteiger partial charge in [-0.15, -0.1) is 0 Å². The molecule has 1 aromatic heterocycles. The van der Waals surface area contributed by atoms with Crippen LogP contribution in [0.15, 0.2) is 0 Å². The normalized spacial score (nSPS) is 16.4. The fourth-order valence-corrected chi connectivity index (χ4v) is 3.36. The third-order valence-corrected chi connectivity index (χ3v) is 4.74. The molecular weight excluding hydrogens is 292 g/mol. The second kappa shape index (κ2) is 8.05. The summed E-state index contributed by atoms with van der Waals surface area (Å²) in [6.07, 6.45) is 1.91. The summed E-state index contributed by atoms with van der Waals surface area (Å²) >= 11 is 8.22. The van der Waals surface area contributed by atoms with Gasteiger partial charge in [0.2, 0.25) is 0 Å². The summed E-state index contributed by atoms with van der Waals surface area (Å²) in [5.74, 6) is 4.22. The molecule has 20 heavy (non-hydrogen) atoms. The van der Waals surface area contributed by atoms with Gasteiger partial charge in [0.1, 0.15) is 16.8 Å². The molecule has 2 heterocycles. The Balaban J connectivity index is 1.90. The van der Waals surface area contributed by atoms with E-state index in [0.717, 1.165) is 43.1 Å². The first-order valence-corrected chi connectivity index (χ1v) is 8.81. The van der Waals surface area contributed by atoms with Gasteiger partial charge in [-0.1, -0.05) is 18.5 Å². The first-order chi connectivity index (χ1) is 9.70. The maximum absolute atomic E-state index is 6.18. The van der Waals surface area contributed by atoms with Crippen LogP contribution >= 0.6 is 23.4 Å². The molecule has 0 amide bonds. The minimum absolute atomic E-state index is 0.570. The lowest BCUT2D eigenvalue weighted by atomic mass is 10.3. The third kappa shape index (κ3) is 4.50. The molecule has 0 aliphatic carbocycles. The van der Waals surface area contributed by atoms with Gasteiger partial charge in [-0.2, -0.15) is 11.8 Å². The monoisotopic (exact) mass is 314 g/mol. The Bertz CT molecular complexity index is 435. The van der Waals surface area contributed by atoms with Crippen molar-refractivity contribution in [3.63, 3.8) is 0 Å². The summed E-state index contributed by atoms with van der Waals surface area (Å²) in [6, 6.07) is 0. The van der Waals surface area contributed by atoms with Crippen LogP contribution in [-0.4, -0.2) is 52.6 Å². The quantitative estimate of drug-likeness (QED) is 0.818. The van der Waals surface area contributed by atoms with Crippen molar-refractivity contribution in [1.29, 1.82) is 0 Å². The van der Waals surface area contributed by atoms with Gasteiger partial charge in [-0.25, -0.2) is 9.97 Å². The van der Waals surface area contributed by atoms with Gasteiger partial charge in [0.15, 0.2) is 0 Å². The molecule has 1 aliphatic rings. The highest BCUT2D eigenvalue weighted by molar-refractivity contribution is 7.99. The molecule has 1 aromatic rings. The first-order valence-electron chi connectivity index (χ1n) is 7.27. The van der Waals surface area contributed by atoms with Crippen molar-refractivity contribution in [2.45, 2.75) is 26.7 Å². The van der Waals surface area contributed by atoms with Crippen molar-refractivity contribution >= 4 is 29.2 Å². The van der Waals surface area contributed by atoms with Gasteiger partial charge in [0, 0.05) is 49.7 Å². The summed E-state index contributed by atoms with van der Waals surface area (Å²) in [5.41, 5.74) is 0.945. The van der Waals surface area contributed by atoms with Gasteiger partial charge in [-0.05, 0) is 13.3 Å². The summed E-state index contributed by atoms with van der Waals surface area (Å²) in [7, 11) is 0. The largest absolute Gasteiger partial charge is 0.368 e. The molecule has 0 bridgehead atoms. The second-order valence-corrected chi connectivity index (χ2v) is 6.62. The highest BCUT2D eigenvalue weighted by Crippen LogP contribution is 2.20. The van der Waals surface area contributed by atoms with Crippen molar-refractivity contribution in [2.24, 2.45) is 0 Å². The average Bonchev–Trinajstić information content (AvgIpc) is 2.45. The number of rotatable bonds is 6. The molecule has 0 spiro atoms. The second-order valence-electron chi connectivity index (χ2n) is 5.04. The van der Waals surface area contributed by atoms with Crippen LogP contribution in [0.4, 0.5) is 5.82 Å². The Hall–Kier alpha value is -0.520. The lowest BCUT2D eigenvalue weighted by Crippen LogP contribution is -2.36. The van der Waals surface area contributed by atoms with E-state index in [4.69, 9.17) is 11.6 Å². The zero-order valence-corrected chi connectivity index (χ0v) is 13.9. The van der Waals surface area contributed by atoms with E-state index in [2.05, 4.69) is 27.1 Å². The van der Waals surface area contributed by atoms with Crippen molar-refractivity contribution in [3.8, 4) is 0 Å². The molecule has 2 rings (SSSR count). The van der Waals surface area contributed by atoms with Crippen LogP contribution in [-0.2, 0) is 6.42 Å². The smallest absolute Gasteiger partial charge is 0.137 e. The van der Waals surface area contributed by atoms with Crippen LogP contribution in [0, 0.1) is 6.92 Å². The van der Waals surface area contributed by atoms with Crippen LogP contribution in [0.25, 0.3) is 0 Å². The van der Waals surface area contributed by atoms with E-state index in [9.17, 15) is 0 Å². The molecule has 0 aromatic carbocycles. The number of hydrogen-bond acceptors (Lipinski definition) is 5. The van der Waals surface area contributed by atoms with Gasteiger partial charge < -0.3 is 5.32 Å². The molecule has 6 heteroatoms. The van der Waals surface area contributed by atoms with E-state index < -0.39 is 0 Å². The Labute approximate surface area is 130 Å². The number of anilines is 1. The Morgan fingerprint density at radius 2 is 2.05 bits per heavy atom. The molecule has 0 atom stereocenters. The SMILES string of the molecule is CCCc1nc(Cl)c(C)c(NCCN2CCSCC2)n1. The minimum atomic E-state index is 0.570. The summed E-state index contributed by atoms with van der Waals surface area (Å²) in [6.45, 7) is 8.44. The van der Waals surface area contributed by atoms with Gasteiger partial charge in [-0.3, -0.25) is 4.90 Å². The Morgan fingerprint density at radius 3 is 2.75 bits per heavy atom. The minimum Gasteiger partial charge on any atom is -0.368 e. The van der Waals surface area contributed by atoms with Crippen LogP contribution in [0.3, 0.4) is 0 Å². The lowest BCUT2D eigenvalue weighted by molar-refractivity contribution is 0.314. The number of aromatic nitrogens is 2. The fourth-order valence-electron chi connectivity index (χ4n) is 2.20. The first kappa shape index (κ1) is 15.9. The maximum Gasteiger partial charge on any atom is 0.137 e. The Kier molecular flexibility index (Phi) is 6.39. The topological polar surface area (TPSA) is 41.1 Å². The molecule has 4 nitrogen and oxygen atoms in total. The predicted molar refractivity (Wildman–Crippen MR) is 88.0 cm³/mol. The summed E-state index contributed by atoms with van der Waals surface area (Å²) in [4.78, 5) is 11.4. The maximum atomic E-state index is 6.18. The highest BCUT2D eigenvalue weighted by Gasteiger charge is 2.11. The van der Waals surface area contributed by atoms with E-state index in [1.165, 1.54) is 24.6 Å². The standard InChI is InChI=1S/C14H23ClN4S/c1-3-4-12-17-13(15)11(2)14(18-12)16-5-6-19-7-9-20-10-8-19/h3-10H2,1-2H3,(H,16,17,18). The zero-order valence-electron chi connectivity index (χ0n) is 12.3. The number of hydrogen-bond donors (Lipinski definition) is 1. The molecule has 0 unspecified atom stereocenters. The molecule has 0 radical (unpaired) electrons. The lowest BCUT2D eigenvalue weighted by Gasteiger charge is -2.26. The number of nitrogens with one attached hydrogen (secondary N) is 1. The average molecular weight is 315 g/mol. The highest BCUT2D eigenvalue weighted by atomic mass is 35.5. The van der Waals surface area contributed by atoms with Crippen LogP contribution < -0.4 is 5.32 Å². The van der Waals surface area contributed by atoms with Crippen LogP contribution in [0.5, 0.6) is 0 Å². The van der Waals surface area contributed by atoms with Crippen molar-refractivity contribution in [1.82, 2.24) is 14.9 Å². The van der Waals surface area contributed by atoms with E-state index in [0.29, 0.717) is 5.15 Å². The van der Waals surface area contributed by atoms with Gasteiger partial charge in [0.25, 0.3) is 0 Å². The fraction of sp³-hybridized carbons (Fsp3) is 0.714.